The lowest BCUT2D eigenvalue weighted by Crippen LogP contribution is -2.17. The fraction of sp³-hybridized carbons (Fsp3) is 0.200. The van der Waals surface area contributed by atoms with E-state index in [4.69, 9.17) is 5.84 Å². The number of benzene rings is 2. The van der Waals surface area contributed by atoms with Crippen LogP contribution in [-0.4, -0.2) is 36.6 Å². The van der Waals surface area contributed by atoms with Gasteiger partial charge in [-0.1, -0.05) is 41.3 Å². The normalized spacial score (nSPS) is 11.1. The van der Waals surface area contributed by atoms with Gasteiger partial charge in [-0.05, 0) is 48.7 Å². The van der Waals surface area contributed by atoms with Crippen LogP contribution in [-0.2, 0) is 17.6 Å². The van der Waals surface area contributed by atoms with Gasteiger partial charge >= 0.3 is 0 Å². The maximum Gasteiger partial charge on any atom is 0.236 e. The van der Waals surface area contributed by atoms with Crippen molar-refractivity contribution in [2.24, 2.45) is 0 Å². The zero-order valence-electron chi connectivity index (χ0n) is 16.2. The standard InChI is InChI=1S/C20H20N6O2S2/c1-12-2-8-15-16(10-12)30-19(22-15)23-18(28)11-29-20-25-24-17(26(20)21)9-5-13-3-6-14(27)7-4-13/h2-4,6-8,10,27H,5,9,11,21H2,1H3,(H,22,23,28). The van der Waals surface area contributed by atoms with E-state index in [1.165, 1.54) is 27.8 Å². The van der Waals surface area contributed by atoms with Crippen LogP contribution < -0.4 is 11.2 Å². The summed E-state index contributed by atoms with van der Waals surface area (Å²) in [6.07, 6.45) is 1.32. The highest BCUT2D eigenvalue weighted by Gasteiger charge is 2.14. The van der Waals surface area contributed by atoms with Gasteiger partial charge in [0, 0.05) is 6.42 Å². The van der Waals surface area contributed by atoms with Gasteiger partial charge in [0.2, 0.25) is 11.1 Å². The van der Waals surface area contributed by atoms with Gasteiger partial charge in [0.1, 0.15) is 5.75 Å². The van der Waals surface area contributed by atoms with E-state index in [0.29, 0.717) is 22.5 Å². The van der Waals surface area contributed by atoms with Crippen molar-refractivity contribution >= 4 is 44.4 Å². The number of aromatic nitrogens is 4. The fourth-order valence-corrected chi connectivity index (χ4v) is 4.52. The minimum atomic E-state index is -0.176. The summed E-state index contributed by atoms with van der Waals surface area (Å²) in [7, 11) is 0. The smallest absolute Gasteiger partial charge is 0.236 e. The van der Waals surface area contributed by atoms with Crippen molar-refractivity contribution in [3.8, 4) is 5.75 Å². The maximum absolute atomic E-state index is 12.3. The van der Waals surface area contributed by atoms with Crippen LogP contribution in [0.15, 0.2) is 47.6 Å². The van der Waals surface area contributed by atoms with Gasteiger partial charge in [-0.25, -0.2) is 9.66 Å². The maximum atomic E-state index is 12.3. The number of thioether (sulfide) groups is 1. The number of phenolic OH excluding ortho intramolecular Hbond substituents is 1. The third-order valence-corrected chi connectivity index (χ3v) is 6.31. The molecule has 0 saturated carbocycles. The number of rotatable bonds is 7. The van der Waals surface area contributed by atoms with Gasteiger partial charge in [-0.3, -0.25) is 4.79 Å². The summed E-state index contributed by atoms with van der Waals surface area (Å²) in [5.41, 5.74) is 3.09. The molecule has 4 aromatic rings. The van der Waals surface area contributed by atoms with Crippen molar-refractivity contribution in [2.45, 2.75) is 24.9 Å². The number of fused-ring (bicyclic) bond motifs is 1. The van der Waals surface area contributed by atoms with Crippen LogP contribution in [0.4, 0.5) is 5.13 Å². The molecule has 0 spiro atoms. The molecule has 10 heteroatoms. The molecule has 4 N–H and O–H groups in total. The van der Waals surface area contributed by atoms with Gasteiger partial charge in [0.05, 0.1) is 16.0 Å². The van der Waals surface area contributed by atoms with Gasteiger partial charge in [-0.15, -0.1) is 10.2 Å². The predicted molar refractivity (Wildman–Crippen MR) is 119 cm³/mol. The van der Waals surface area contributed by atoms with Gasteiger partial charge < -0.3 is 16.3 Å². The number of phenols is 1. The Balaban J connectivity index is 1.31. The summed E-state index contributed by atoms with van der Waals surface area (Å²) < 4.78 is 2.46. The van der Waals surface area contributed by atoms with E-state index < -0.39 is 0 Å². The Morgan fingerprint density at radius 3 is 2.80 bits per heavy atom. The molecule has 2 heterocycles. The molecule has 30 heavy (non-hydrogen) atoms. The van der Waals surface area contributed by atoms with Crippen molar-refractivity contribution < 1.29 is 9.90 Å². The highest BCUT2D eigenvalue weighted by molar-refractivity contribution is 7.99. The highest BCUT2D eigenvalue weighted by Crippen LogP contribution is 2.27. The molecule has 0 fully saturated rings. The number of carbonyl (C=O) groups excluding carboxylic acids is 1. The van der Waals surface area contributed by atoms with Crippen molar-refractivity contribution in [2.75, 3.05) is 16.9 Å². The molecule has 0 atom stereocenters. The van der Waals surface area contributed by atoms with Crippen LogP contribution in [0.5, 0.6) is 5.75 Å². The number of anilines is 1. The zero-order chi connectivity index (χ0) is 21.1. The topological polar surface area (TPSA) is 119 Å². The van der Waals surface area contributed by atoms with Gasteiger partial charge in [-0.2, -0.15) is 0 Å². The van der Waals surface area contributed by atoms with E-state index in [-0.39, 0.29) is 17.4 Å². The molecule has 0 saturated heterocycles. The monoisotopic (exact) mass is 440 g/mol. The number of aromatic hydroxyl groups is 1. The number of amides is 1. The van der Waals surface area contributed by atoms with E-state index >= 15 is 0 Å². The molecule has 1 amide bonds. The largest absolute Gasteiger partial charge is 0.508 e. The van der Waals surface area contributed by atoms with E-state index in [0.717, 1.165) is 27.8 Å². The van der Waals surface area contributed by atoms with Gasteiger partial charge in [0.25, 0.3) is 0 Å². The second kappa shape index (κ2) is 8.72. The Morgan fingerprint density at radius 1 is 1.20 bits per heavy atom. The molecule has 4 rings (SSSR count). The van der Waals surface area contributed by atoms with Crippen LogP contribution in [0.3, 0.4) is 0 Å². The quantitative estimate of drug-likeness (QED) is 0.298. The summed E-state index contributed by atoms with van der Waals surface area (Å²) in [6.45, 7) is 2.02. The number of hydrogen-bond donors (Lipinski definition) is 3. The molecule has 0 aliphatic rings. The summed E-state index contributed by atoms with van der Waals surface area (Å²) in [4.78, 5) is 16.7. The Bertz CT molecular complexity index is 1190. The number of thiazole rings is 1. The lowest BCUT2D eigenvalue weighted by molar-refractivity contribution is -0.113. The number of nitrogens with two attached hydrogens (primary N) is 1. The molecular formula is C20H20N6O2S2. The number of hydrogen-bond acceptors (Lipinski definition) is 8. The number of nitrogen functional groups attached to an aromatic ring is 1. The molecule has 0 aliphatic heterocycles. The number of nitrogens with one attached hydrogen (secondary N) is 1. The molecule has 2 aromatic carbocycles. The van der Waals surface area contributed by atoms with E-state index in [2.05, 4.69) is 20.5 Å². The summed E-state index contributed by atoms with van der Waals surface area (Å²) >= 11 is 2.67. The Hall–Kier alpha value is -3.11. The first kappa shape index (κ1) is 20.2. The van der Waals surface area contributed by atoms with Crippen LogP contribution in [0.1, 0.15) is 17.0 Å². The minimum absolute atomic E-state index is 0.155. The van der Waals surface area contributed by atoms with Crippen LogP contribution in [0.25, 0.3) is 10.2 Å². The highest BCUT2D eigenvalue weighted by atomic mass is 32.2. The Morgan fingerprint density at radius 2 is 2.00 bits per heavy atom. The predicted octanol–water partition coefficient (Wildman–Crippen LogP) is 3.13. The van der Waals surface area contributed by atoms with E-state index in [9.17, 15) is 9.90 Å². The number of nitrogens with zero attached hydrogens (tertiary/aromatic N) is 4. The Kier molecular flexibility index (Phi) is 5.86. The molecule has 2 aromatic heterocycles. The first-order chi connectivity index (χ1) is 14.5. The molecule has 154 valence electrons. The first-order valence-corrected chi connectivity index (χ1v) is 11.1. The molecule has 0 unspecified atom stereocenters. The third kappa shape index (κ3) is 4.71. The zero-order valence-corrected chi connectivity index (χ0v) is 17.8. The van der Waals surface area contributed by atoms with Crippen molar-refractivity contribution in [1.29, 1.82) is 0 Å². The second-order valence-electron chi connectivity index (χ2n) is 6.76. The van der Waals surface area contributed by atoms with Crippen LogP contribution in [0.2, 0.25) is 0 Å². The fourth-order valence-electron chi connectivity index (χ4n) is 2.87. The number of aryl methyl sites for hydroxylation is 3. The average Bonchev–Trinajstić information content (AvgIpc) is 3.28. The molecule has 0 bridgehead atoms. The number of carbonyl (C=O) groups is 1. The average molecular weight is 441 g/mol. The van der Waals surface area contributed by atoms with Crippen molar-refractivity contribution in [1.82, 2.24) is 19.9 Å². The second-order valence-corrected chi connectivity index (χ2v) is 8.74. The molecule has 0 radical (unpaired) electrons. The SMILES string of the molecule is Cc1ccc2nc(NC(=O)CSc3nnc(CCc4ccc(O)cc4)n3N)sc2c1. The summed E-state index contributed by atoms with van der Waals surface area (Å²) in [6, 6.07) is 13.0. The first-order valence-electron chi connectivity index (χ1n) is 9.25. The van der Waals surface area contributed by atoms with E-state index in [1.807, 2.05) is 37.3 Å². The van der Waals surface area contributed by atoms with Crippen molar-refractivity contribution in [3.05, 3.63) is 59.4 Å². The summed E-state index contributed by atoms with van der Waals surface area (Å²) in [5.74, 6) is 6.93. The molecule has 8 nitrogen and oxygen atoms in total. The van der Waals surface area contributed by atoms with Crippen molar-refractivity contribution in [3.63, 3.8) is 0 Å². The van der Waals surface area contributed by atoms with Gasteiger partial charge in [0.15, 0.2) is 11.0 Å². The van der Waals surface area contributed by atoms with Crippen LogP contribution in [0, 0.1) is 6.92 Å². The minimum Gasteiger partial charge on any atom is -0.508 e. The lowest BCUT2D eigenvalue weighted by Gasteiger charge is -2.04. The third-order valence-electron chi connectivity index (χ3n) is 4.43. The van der Waals surface area contributed by atoms with E-state index in [1.54, 1.807) is 12.1 Å². The summed E-state index contributed by atoms with van der Waals surface area (Å²) in [5, 5.41) is 21.4. The molecule has 0 aliphatic carbocycles. The lowest BCUT2D eigenvalue weighted by atomic mass is 10.1. The Labute approximate surface area is 181 Å². The molecular weight excluding hydrogens is 420 g/mol. The van der Waals surface area contributed by atoms with Crippen LogP contribution >= 0.6 is 23.1 Å².